The van der Waals surface area contributed by atoms with Crippen molar-refractivity contribution in [2.45, 2.75) is 6.54 Å². The number of thiophene rings is 1. The Morgan fingerprint density at radius 1 is 1.57 bits per heavy atom. The molecule has 5 heteroatoms. The normalized spacial score (nSPS) is 10.3. The third kappa shape index (κ3) is 1.67. The zero-order chi connectivity index (χ0) is 9.97. The Balaban J connectivity index is 2.25. The van der Waals surface area contributed by atoms with Crippen LogP contribution < -0.4 is 0 Å². The molecule has 0 aliphatic rings. The van der Waals surface area contributed by atoms with Crippen LogP contribution in [0.25, 0.3) is 0 Å². The van der Waals surface area contributed by atoms with Gasteiger partial charge in [0.05, 0.1) is 6.54 Å². The largest absolute Gasteiger partial charge is 0.477 e. The van der Waals surface area contributed by atoms with Crippen LogP contribution in [0.1, 0.15) is 16.1 Å². The van der Waals surface area contributed by atoms with Gasteiger partial charge in [-0.05, 0) is 28.5 Å². The molecule has 2 aromatic heterocycles. The predicted molar refractivity (Wildman–Crippen MR) is 52.6 cm³/mol. The average Bonchev–Trinajstić information content (AvgIpc) is 2.75. The van der Waals surface area contributed by atoms with E-state index in [-0.39, 0.29) is 5.69 Å². The van der Waals surface area contributed by atoms with E-state index in [4.69, 9.17) is 5.11 Å². The molecule has 1 N–H and O–H groups in total. The van der Waals surface area contributed by atoms with E-state index >= 15 is 0 Å². The SMILES string of the molecule is O=C(O)c1ccnn1Cc1ccsc1. The lowest BCUT2D eigenvalue weighted by molar-refractivity contribution is 0.0684. The molecule has 72 valence electrons. The van der Waals surface area contributed by atoms with Crippen LogP contribution in [0.15, 0.2) is 29.1 Å². The number of carboxylic acid groups (broad SMARTS) is 1. The van der Waals surface area contributed by atoms with Crippen LogP contribution in [-0.4, -0.2) is 20.9 Å². The van der Waals surface area contributed by atoms with Crippen LogP contribution in [0.5, 0.6) is 0 Å². The smallest absolute Gasteiger partial charge is 0.354 e. The number of aromatic nitrogens is 2. The van der Waals surface area contributed by atoms with Gasteiger partial charge in [-0.1, -0.05) is 0 Å². The second kappa shape index (κ2) is 3.63. The molecule has 0 amide bonds. The monoisotopic (exact) mass is 208 g/mol. The number of nitrogens with zero attached hydrogens (tertiary/aromatic N) is 2. The summed E-state index contributed by atoms with van der Waals surface area (Å²) in [5.41, 5.74) is 1.29. The molecule has 14 heavy (non-hydrogen) atoms. The first kappa shape index (κ1) is 8.96. The zero-order valence-electron chi connectivity index (χ0n) is 7.25. The van der Waals surface area contributed by atoms with Crippen LogP contribution in [0.4, 0.5) is 0 Å². The zero-order valence-corrected chi connectivity index (χ0v) is 8.07. The molecule has 0 aromatic carbocycles. The lowest BCUT2D eigenvalue weighted by Crippen LogP contribution is -2.10. The van der Waals surface area contributed by atoms with Gasteiger partial charge in [-0.2, -0.15) is 16.4 Å². The summed E-state index contributed by atoms with van der Waals surface area (Å²) < 4.78 is 1.48. The third-order valence-corrected chi connectivity index (χ3v) is 2.58. The summed E-state index contributed by atoms with van der Waals surface area (Å²) in [6.45, 7) is 0.512. The van der Waals surface area contributed by atoms with Crippen molar-refractivity contribution in [1.82, 2.24) is 9.78 Å². The average molecular weight is 208 g/mol. The molecule has 2 aromatic rings. The van der Waals surface area contributed by atoms with Gasteiger partial charge in [0.25, 0.3) is 0 Å². The summed E-state index contributed by atoms with van der Waals surface area (Å²) in [6.07, 6.45) is 1.50. The molecule has 0 aliphatic heterocycles. The lowest BCUT2D eigenvalue weighted by Gasteiger charge is -2.01. The number of carbonyl (C=O) groups is 1. The molecule has 2 heterocycles. The highest BCUT2D eigenvalue weighted by molar-refractivity contribution is 7.07. The van der Waals surface area contributed by atoms with Crippen LogP contribution in [0.3, 0.4) is 0 Å². The summed E-state index contributed by atoms with van der Waals surface area (Å²) in [5, 5.41) is 16.7. The van der Waals surface area contributed by atoms with Crippen LogP contribution in [0.2, 0.25) is 0 Å². The van der Waals surface area contributed by atoms with Crippen molar-refractivity contribution in [2.75, 3.05) is 0 Å². The molecule has 4 nitrogen and oxygen atoms in total. The lowest BCUT2D eigenvalue weighted by atomic mass is 10.3. The van der Waals surface area contributed by atoms with E-state index in [0.29, 0.717) is 6.54 Å². The topological polar surface area (TPSA) is 55.1 Å². The number of carboxylic acids is 1. The first-order valence-electron chi connectivity index (χ1n) is 4.03. The molecule has 0 fully saturated rings. The first-order chi connectivity index (χ1) is 6.77. The van der Waals surface area contributed by atoms with Gasteiger partial charge in [0.2, 0.25) is 0 Å². The molecular formula is C9H8N2O2S. The van der Waals surface area contributed by atoms with Gasteiger partial charge in [-0.15, -0.1) is 0 Å². The summed E-state index contributed by atoms with van der Waals surface area (Å²) in [7, 11) is 0. The van der Waals surface area contributed by atoms with Gasteiger partial charge in [0.15, 0.2) is 0 Å². The van der Waals surface area contributed by atoms with Crippen molar-refractivity contribution in [1.29, 1.82) is 0 Å². The number of aromatic carboxylic acids is 1. The fourth-order valence-electron chi connectivity index (χ4n) is 1.20. The van der Waals surface area contributed by atoms with E-state index < -0.39 is 5.97 Å². The van der Waals surface area contributed by atoms with Crippen LogP contribution >= 0.6 is 11.3 Å². The Hall–Kier alpha value is -1.62. The van der Waals surface area contributed by atoms with Gasteiger partial charge in [0.1, 0.15) is 5.69 Å². The van der Waals surface area contributed by atoms with Crippen molar-refractivity contribution in [2.24, 2.45) is 0 Å². The van der Waals surface area contributed by atoms with Crippen LogP contribution in [-0.2, 0) is 6.54 Å². The second-order valence-electron chi connectivity index (χ2n) is 2.81. The minimum atomic E-state index is -0.947. The van der Waals surface area contributed by atoms with Crippen molar-refractivity contribution < 1.29 is 9.90 Å². The molecule has 0 atom stereocenters. The van der Waals surface area contributed by atoms with E-state index in [9.17, 15) is 4.79 Å². The number of hydrogen-bond donors (Lipinski definition) is 1. The molecule has 0 saturated carbocycles. The van der Waals surface area contributed by atoms with Gasteiger partial charge in [-0.3, -0.25) is 4.68 Å². The van der Waals surface area contributed by atoms with Crippen molar-refractivity contribution in [3.8, 4) is 0 Å². The maximum Gasteiger partial charge on any atom is 0.354 e. The summed E-state index contributed by atoms with van der Waals surface area (Å²) in [6, 6.07) is 3.45. The highest BCUT2D eigenvalue weighted by atomic mass is 32.1. The predicted octanol–water partition coefficient (Wildman–Crippen LogP) is 1.69. The van der Waals surface area contributed by atoms with E-state index in [0.717, 1.165) is 5.56 Å². The Kier molecular flexibility index (Phi) is 2.32. The minimum Gasteiger partial charge on any atom is -0.477 e. The molecule has 0 aliphatic carbocycles. The fraction of sp³-hybridized carbons (Fsp3) is 0.111. The summed E-state index contributed by atoms with van der Waals surface area (Å²) in [5.74, 6) is -0.947. The maximum atomic E-state index is 10.8. The Morgan fingerprint density at radius 2 is 2.43 bits per heavy atom. The highest BCUT2D eigenvalue weighted by Gasteiger charge is 2.09. The molecule has 0 spiro atoms. The molecule has 0 bridgehead atoms. The number of rotatable bonds is 3. The molecular weight excluding hydrogens is 200 g/mol. The van der Waals surface area contributed by atoms with E-state index in [2.05, 4.69) is 5.10 Å². The Labute approximate surface area is 84.4 Å². The van der Waals surface area contributed by atoms with Gasteiger partial charge in [0, 0.05) is 6.20 Å². The first-order valence-corrected chi connectivity index (χ1v) is 4.98. The summed E-state index contributed by atoms with van der Waals surface area (Å²) in [4.78, 5) is 10.8. The summed E-state index contributed by atoms with van der Waals surface area (Å²) >= 11 is 1.59. The molecule has 2 rings (SSSR count). The van der Waals surface area contributed by atoms with Crippen molar-refractivity contribution in [3.63, 3.8) is 0 Å². The van der Waals surface area contributed by atoms with E-state index in [1.54, 1.807) is 11.3 Å². The molecule has 0 saturated heterocycles. The minimum absolute atomic E-state index is 0.219. The van der Waals surface area contributed by atoms with Gasteiger partial charge >= 0.3 is 5.97 Å². The Bertz CT molecular complexity index is 433. The second-order valence-corrected chi connectivity index (χ2v) is 3.59. The number of hydrogen-bond acceptors (Lipinski definition) is 3. The molecule has 0 radical (unpaired) electrons. The third-order valence-electron chi connectivity index (χ3n) is 1.85. The maximum absolute atomic E-state index is 10.8. The van der Waals surface area contributed by atoms with Gasteiger partial charge < -0.3 is 5.11 Å². The van der Waals surface area contributed by atoms with Crippen molar-refractivity contribution >= 4 is 17.3 Å². The molecule has 0 unspecified atom stereocenters. The highest BCUT2D eigenvalue weighted by Crippen LogP contribution is 2.09. The van der Waals surface area contributed by atoms with Crippen molar-refractivity contribution in [3.05, 3.63) is 40.3 Å². The van der Waals surface area contributed by atoms with E-state index in [1.165, 1.54) is 16.9 Å². The standard InChI is InChI=1S/C9H8N2O2S/c12-9(13)8-1-3-10-11(8)5-7-2-4-14-6-7/h1-4,6H,5H2,(H,12,13). The van der Waals surface area contributed by atoms with Crippen LogP contribution in [0, 0.1) is 0 Å². The Morgan fingerprint density at radius 3 is 3.07 bits per heavy atom. The quantitative estimate of drug-likeness (QED) is 0.835. The van der Waals surface area contributed by atoms with E-state index in [1.807, 2.05) is 16.8 Å². The van der Waals surface area contributed by atoms with Gasteiger partial charge in [-0.25, -0.2) is 4.79 Å². The fourth-order valence-corrected chi connectivity index (χ4v) is 1.86.